The van der Waals surface area contributed by atoms with Crippen molar-refractivity contribution in [2.24, 2.45) is 0 Å². The Balaban J connectivity index is 1.76. The number of thiocarbonyl (C=S) groups is 1. The Morgan fingerprint density at radius 3 is 2.47 bits per heavy atom. The fourth-order valence-electron chi connectivity index (χ4n) is 3.31. The van der Waals surface area contributed by atoms with Crippen LogP contribution in [0.1, 0.15) is 30.5 Å². The van der Waals surface area contributed by atoms with Crippen LogP contribution in [0.4, 0.5) is 4.79 Å². The van der Waals surface area contributed by atoms with Crippen molar-refractivity contribution >= 4 is 29.4 Å². The fraction of sp³-hybridized carbons (Fsp3) is 0.261. The van der Waals surface area contributed by atoms with Crippen molar-refractivity contribution in [3.63, 3.8) is 0 Å². The zero-order valence-corrected chi connectivity index (χ0v) is 17.6. The summed E-state index contributed by atoms with van der Waals surface area (Å²) in [5, 5.41) is 2.72. The van der Waals surface area contributed by atoms with Gasteiger partial charge in [0.1, 0.15) is 19.3 Å². The Morgan fingerprint density at radius 2 is 1.83 bits per heavy atom. The van der Waals surface area contributed by atoms with Crippen LogP contribution in [0.25, 0.3) is 0 Å². The number of hydrogen-bond acceptors (Lipinski definition) is 5. The average molecular weight is 425 g/mol. The normalized spacial score (nSPS) is 18.3. The third-order valence-electron chi connectivity index (χ3n) is 4.71. The van der Waals surface area contributed by atoms with Crippen molar-refractivity contribution in [2.75, 3.05) is 6.61 Å². The highest BCUT2D eigenvalue weighted by Crippen LogP contribution is 2.30. The largest absolute Gasteiger partial charge is 0.462 e. The van der Waals surface area contributed by atoms with Crippen LogP contribution in [-0.4, -0.2) is 34.7 Å². The van der Waals surface area contributed by atoms with Crippen LogP contribution in [0, 0.1) is 0 Å². The summed E-state index contributed by atoms with van der Waals surface area (Å²) in [5.41, 5.74) is 2.60. The summed E-state index contributed by atoms with van der Waals surface area (Å²) in [6.45, 7) is 6.00. The first-order chi connectivity index (χ1) is 14.5. The quantitative estimate of drug-likeness (QED) is 0.442. The van der Waals surface area contributed by atoms with Gasteiger partial charge in [0.25, 0.3) is 0 Å². The Hall–Kier alpha value is -3.19. The summed E-state index contributed by atoms with van der Waals surface area (Å²) >= 11 is 5.52. The predicted octanol–water partition coefficient (Wildman–Crippen LogP) is 4.13. The number of esters is 1. The van der Waals surface area contributed by atoms with E-state index in [4.69, 9.17) is 21.7 Å². The van der Waals surface area contributed by atoms with Crippen LogP contribution in [0.5, 0.6) is 0 Å². The SMILES string of the molecule is C=C(C)C[C@H]1C(=O)OC[C@H](c2ccccc2)N1C(=S)NC(=O)OCc1ccccc1. The molecule has 0 unspecified atom stereocenters. The van der Waals surface area contributed by atoms with Gasteiger partial charge in [-0.3, -0.25) is 5.32 Å². The highest BCUT2D eigenvalue weighted by atomic mass is 32.1. The maximum absolute atomic E-state index is 12.5. The molecule has 0 spiro atoms. The number of benzene rings is 2. The molecule has 1 N–H and O–H groups in total. The van der Waals surface area contributed by atoms with Crippen LogP contribution < -0.4 is 5.32 Å². The third-order valence-corrected chi connectivity index (χ3v) is 5.02. The molecule has 1 fully saturated rings. The first-order valence-corrected chi connectivity index (χ1v) is 10.0. The summed E-state index contributed by atoms with van der Waals surface area (Å²) in [4.78, 5) is 26.6. The van der Waals surface area contributed by atoms with E-state index < -0.39 is 18.1 Å². The van der Waals surface area contributed by atoms with Gasteiger partial charge in [-0.2, -0.15) is 0 Å². The van der Waals surface area contributed by atoms with E-state index in [1.807, 2.05) is 67.6 Å². The van der Waals surface area contributed by atoms with Gasteiger partial charge in [0.2, 0.25) is 0 Å². The molecule has 156 valence electrons. The molecule has 1 aliphatic rings. The molecule has 0 bridgehead atoms. The lowest BCUT2D eigenvalue weighted by molar-refractivity contribution is -0.158. The van der Waals surface area contributed by atoms with Gasteiger partial charge in [-0.15, -0.1) is 6.58 Å². The van der Waals surface area contributed by atoms with E-state index in [1.165, 1.54) is 0 Å². The first kappa shape index (κ1) is 21.5. The number of nitrogens with one attached hydrogen (secondary N) is 1. The lowest BCUT2D eigenvalue weighted by atomic mass is 9.99. The maximum Gasteiger partial charge on any atom is 0.413 e. The van der Waals surface area contributed by atoms with Crippen molar-refractivity contribution in [3.05, 3.63) is 83.9 Å². The van der Waals surface area contributed by atoms with Crippen LogP contribution in [-0.2, 0) is 20.9 Å². The molecular formula is C23H24N2O4S. The molecule has 30 heavy (non-hydrogen) atoms. The molecule has 2 aromatic carbocycles. The van der Waals surface area contributed by atoms with Crippen LogP contribution >= 0.6 is 12.2 Å². The van der Waals surface area contributed by atoms with Gasteiger partial charge in [-0.1, -0.05) is 66.2 Å². The number of ether oxygens (including phenoxy) is 2. The molecule has 1 saturated heterocycles. The minimum atomic E-state index is -0.677. The molecule has 1 heterocycles. The van der Waals surface area contributed by atoms with Gasteiger partial charge in [-0.25, -0.2) is 9.59 Å². The minimum absolute atomic E-state index is 0.116. The van der Waals surface area contributed by atoms with E-state index in [2.05, 4.69) is 11.9 Å². The lowest BCUT2D eigenvalue weighted by Gasteiger charge is -2.42. The highest BCUT2D eigenvalue weighted by Gasteiger charge is 2.40. The Morgan fingerprint density at radius 1 is 1.20 bits per heavy atom. The number of rotatable bonds is 5. The second-order valence-corrected chi connectivity index (χ2v) is 7.52. The molecule has 0 aliphatic carbocycles. The van der Waals surface area contributed by atoms with Gasteiger partial charge in [-0.05, 0) is 36.7 Å². The molecule has 1 amide bonds. The Kier molecular flexibility index (Phi) is 7.19. The molecule has 3 rings (SSSR count). The lowest BCUT2D eigenvalue weighted by Crippen LogP contribution is -2.57. The number of cyclic esters (lactones) is 1. The van der Waals surface area contributed by atoms with Crippen LogP contribution in [0.2, 0.25) is 0 Å². The number of amides is 1. The fourth-order valence-corrected chi connectivity index (χ4v) is 3.64. The van der Waals surface area contributed by atoms with E-state index in [0.29, 0.717) is 6.42 Å². The van der Waals surface area contributed by atoms with Gasteiger partial charge in [0.15, 0.2) is 5.11 Å². The van der Waals surface area contributed by atoms with E-state index in [1.54, 1.807) is 4.90 Å². The standard InChI is InChI=1S/C23H24N2O4S/c1-16(2)13-19-21(26)28-15-20(18-11-7-4-8-12-18)25(19)22(30)24-23(27)29-14-17-9-5-3-6-10-17/h3-12,19-20H,1,13-15H2,2H3,(H,24,27,30)/t19-,20+/m0/s1. The molecular weight excluding hydrogens is 400 g/mol. The monoisotopic (exact) mass is 424 g/mol. The van der Waals surface area contributed by atoms with E-state index in [9.17, 15) is 9.59 Å². The minimum Gasteiger partial charge on any atom is -0.462 e. The molecule has 2 aromatic rings. The zero-order chi connectivity index (χ0) is 21.5. The summed E-state index contributed by atoms with van der Waals surface area (Å²) in [6, 6.07) is 17.9. The molecule has 0 saturated carbocycles. The van der Waals surface area contributed by atoms with Crippen molar-refractivity contribution in [3.8, 4) is 0 Å². The number of morpholine rings is 1. The van der Waals surface area contributed by atoms with Gasteiger partial charge in [0, 0.05) is 0 Å². The van der Waals surface area contributed by atoms with E-state index in [0.717, 1.165) is 16.7 Å². The highest BCUT2D eigenvalue weighted by molar-refractivity contribution is 7.80. The summed E-state index contributed by atoms with van der Waals surface area (Å²) in [5.74, 6) is -0.396. The Bertz CT molecular complexity index is 917. The topological polar surface area (TPSA) is 67.9 Å². The van der Waals surface area contributed by atoms with Crippen molar-refractivity contribution in [1.82, 2.24) is 10.2 Å². The zero-order valence-electron chi connectivity index (χ0n) is 16.7. The van der Waals surface area contributed by atoms with Crippen molar-refractivity contribution in [1.29, 1.82) is 0 Å². The van der Waals surface area contributed by atoms with E-state index in [-0.39, 0.29) is 24.4 Å². The number of carbonyl (C=O) groups excluding carboxylic acids is 2. The molecule has 0 radical (unpaired) electrons. The smallest absolute Gasteiger partial charge is 0.413 e. The summed E-state index contributed by atoms with van der Waals surface area (Å²) < 4.78 is 10.7. The third kappa shape index (κ3) is 5.45. The predicted molar refractivity (Wildman–Crippen MR) is 118 cm³/mol. The van der Waals surface area contributed by atoms with Crippen molar-refractivity contribution in [2.45, 2.75) is 32.0 Å². The molecule has 0 aromatic heterocycles. The molecule has 2 atom stereocenters. The Labute approximate surface area is 181 Å². The number of alkyl carbamates (subject to hydrolysis) is 1. The molecule has 1 aliphatic heterocycles. The van der Waals surface area contributed by atoms with Crippen molar-refractivity contribution < 1.29 is 19.1 Å². The molecule has 7 heteroatoms. The second kappa shape index (κ2) is 10.0. The maximum atomic E-state index is 12.5. The molecule has 6 nitrogen and oxygen atoms in total. The van der Waals surface area contributed by atoms with Gasteiger partial charge < -0.3 is 14.4 Å². The average Bonchev–Trinajstić information content (AvgIpc) is 2.74. The van der Waals surface area contributed by atoms with Gasteiger partial charge in [0.05, 0.1) is 6.04 Å². The van der Waals surface area contributed by atoms with Crippen LogP contribution in [0.15, 0.2) is 72.8 Å². The second-order valence-electron chi connectivity index (χ2n) is 7.13. The first-order valence-electron chi connectivity index (χ1n) is 9.61. The van der Waals surface area contributed by atoms with Gasteiger partial charge >= 0.3 is 12.1 Å². The number of nitrogens with zero attached hydrogens (tertiary/aromatic N) is 1. The number of hydrogen-bond donors (Lipinski definition) is 1. The summed E-state index contributed by atoms with van der Waals surface area (Å²) in [6.07, 6.45) is -0.313. The number of carbonyl (C=O) groups is 2. The summed E-state index contributed by atoms with van der Waals surface area (Å²) in [7, 11) is 0. The van der Waals surface area contributed by atoms with Crippen LogP contribution in [0.3, 0.4) is 0 Å². The van der Waals surface area contributed by atoms with E-state index >= 15 is 0 Å².